The van der Waals surface area contributed by atoms with Crippen LogP contribution in [0.3, 0.4) is 0 Å². The molecule has 2 amide bonds. The average Bonchev–Trinajstić information content (AvgIpc) is 2.86. The summed E-state index contributed by atoms with van der Waals surface area (Å²) in [5.41, 5.74) is 0.467. The summed E-state index contributed by atoms with van der Waals surface area (Å²) in [4.78, 5) is 16.9. The number of rotatable bonds is 2. The monoisotopic (exact) mass is 329 g/mol. The number of ether oxygens (including phenoxy) is 1. The Hall–Kier alpha value is -1.66. The first-order valence-electron chi connectivity index (χ1n) is 8.30. The van der Waals surface area contributed by atoms with E-state index in [2.05, 4.69) is 15.6 Å². The molecule has 2 saturated heterocycles. The third-order valence-electron chi connectivity index (χ3n) is 5.34. The minimum absolute atomic E-state index is 0.203. The highest BCUT2D eigenvalue weighted by Gasteiger charge is 2.52. The first kappa shape index (κ1) is 13.7. The number of urea groups is 1. The van der Waals surface area contributed by atoms with Crippen molar-refractivity contribution in [1.82, 2.24) is 10.3 Å². The van der Waals surface area contributed by atoms with Crippen molar-refractivity contribution < 1.29 is 9.53 Å². The number of carbonyl (C=O) groups excluding carboxylic acids is 1. The number of thiazole rings is 1. The van der Waals surface area contributed by atoms with Crippen LogP contribution in [0.5, 0.6) is 0 Å². The SMILES string of the molecule is O=C(Nc1nc2ccccc2s1)NC12CC3CC(CC(C3)O1)C2. The molecule has 2 saturated carbocycles. The second kappa shape index (κ2) is 4.92. The molecule has 0 spiro atoms. The average molecular weight is 329 g/mol. The highest BCUT2D eigenvalue weighted by Crippen LogP contribution is 2.51. The Balaban J connectivity index is 1.31. The zero-order chi connectivity index (χ0) is 15.4. The molecule has 2 aliphatic heterocycles. The van der Waals surface area contributed by atoms with Crippen molar-refractivity contribution in [2.45, 2.75) is 43.9 Å². The van der Waals surface area contributed by atoms with Gasteiger partial charge in [0, 0.05) is 0 Å². The van der Waals surface area contributed by atoms with E-state index in [1.54, 1.807) is 0 Å². The van der Waals surface area contributed by atoms with Crippen molar-refractivity contribution >= 4 is 32.7 Å². The zero-order valence-electron chi connectivity index (χ0n) is 12.7. The number of anilines is 1. The van der Waals surface area contributed by atoms with Gasteiger partial charge in [0.2, 0.25) is 0 Å². The predicted octanol–water partition coefficient (Wildman–Crippen LogP) is 3.72. The van der Waals surface area contributed by atoms with Gasteiger partial charge in [0.15, 0.2) is 5.13 Å². The largest absolute Gasteiger partial charge is 0.352 e. The van der Waals surface area contributed by atoms with E-state index in [1.807, 2.05) is 24.3 Å². The van der Waals surface area contributed by atoms with E-state index in [9.17, 15) is 4.79 Å². The Morgan fingerprint density at radius 1 is 1.22 bits per heavy atom. The minimum atomic E-state index is -0.449. The molecule has 23 heavy (non-hydrogen) atoms. The maximum Gasteiger partial charge on any atom is 0.323 e. The van der Waals surface area contributed by atoms with E-state index >= 15 is 0 Å². The summed E-state index contributed by atoms with van der Waals surface area (Å²) in [6, 6.07) is 7.70. The Kier molecular flexibility index (Phi) is 2.94. The van der Waals surface area contributed by atoms with Crippen molar-refractivity contribution in [3.8, 4) is 0 Å². The Morgan fingerprint density at radius 3 is 2.74 bits per heavy atom. The van der Waals surface area contributed by atoms with Crippen LogP contribution in [0.25, 0.3) is 10.2 Å². The maximum absolute atomic E-state index is 12.4. The van der Waals surface area contributed by atoms with Gasteiger partial charge in [-0.15, -0.1) is 0 Å². The first-order chi connectivity index (χ1) is 11.2. The van der Waals surface area contributed by atoms with E-state index in [0.29, 0.717) is 23.1 Å². The fourth-order valence-corrected chi connectivity index (χ4v) is 5.62. The third-order valence-corrected chi connectivity index (χ3v) is 6.30. The normalized spacial score (nSPS) is 34.7. The molecule has 4 fully saturated rings. The number of benzene rings is 1. The van der Waals surface area contributed by atoms with E-state index in [1.165, 1.54) is 30.6 Å². The number of fused-ring (bicyclic) bond motifs is 1. The van der Waals surface area contributed by atoms with Crippen LogP contribution < -0.4 is 10.6 Å². The molecule has 2 atom stereocenters. The van der Waals surface area contributed by atoms with Crippen LogP contribution in [0.15, 0.2) is 24.3 Å². The fraction of sp³-hybridized carbons (Fsp3) is 0.529. The molecule has 1 aromatic carbocycles. The molecule has 120 valence electrons. The van der Waals surface area contributed by atoms with Crippen LogP contribution >= 0.6 is 11.3 Å². The highest BCUT2D eigenvalue weighted by atomic mass is 32.1. The molecule has 2 N–H and O–H groups in total. The van der Waals surface area contributed by atoms with Gasteiger partial charge in [-0.05, 0) is 56.1 Å². The molecule has 2 aromatic rings. The number of hydrogen-bond donors (Lipinski definition) is 2. The Morgan fingerprint density at radius 2 is 2.00 bits per heavy atom. The van der Waals surface area contributed by atoms with Crippen molar-refractivity contribution in [2.24, 2.45) is 11.8 Å². The molecule has 2 unspecified atom stereocenters. The van der Waals surface area contributed by atoms with Gasteiger partial charge in [0.1, 0.15) is 5.72 Å². The summed E-state index contributed by atoms with van der Waals surface area (Å²) in [6.45, 7) is 0. The molecule has 0 radical (unpaired) electrons. The lowest BCUT2D eigenvalue weighted by molar-refractivity contribution is -0.227. The van der Waals surface area contributed by atoms with Gasteiger partial charge in [-0.3, -0.25) is 5.32 Å². The van der Waals surface area contributed by atoms with Gasteiger partial charge in [0.05, 0.1) is 16.3 Å². The lowest BCUT2D eigenvalue weighted by Gasteiger charge is -2.56. The number of aromatic nitrogens is 1. The highest BCUT2D eigenvalue weighted by molar-refractivity contribution is 7.22. The molecular weight excluding hydrogens is 310 g/mol. The minimum Gasteiger partial charge on any atom is -0.352 e. The number of nitrogens with one attached hydrogen (secondary N) is 2. The van der Waals surface area contributed by atoms with E-state index in [4.69, 9.17) is 4.74 Å². The number of carbonyl (C=O) groups is 1. The third kappa shape index (κ3) is 2.40. The van der Waals surface area contributed by atoms with E-state index < -0.39 is 5.72 Å². The summed E-state index contributed by atoms with van der Waals surface area (Å²) >= 11 is 1.49. The zero-order valence-corrected chi connectivity index (χ0v) is 13.6. The second-order valence-corrected chi connectivity index (χ2v) is 8.18. The van der Waals surface area contributed by atoms with E-state index in [-0.39, 0.29) is 6.03 Å². The topological polar surface area (TPSA) is 63.2 Å². The van der Waals surface area contributed by atoms with Crippen molar-refractivity contribution in [2.75, 3.05) is 5.32 Å². The first-order valence-corrected chi connectivity index (χ1v) is 9.12. The van der Waals surface area contributed by atoms with Crippen LogP contribution in [-0.2, 0) is 4.74 Å². The maximum atomic E-state index is 12.4. The molecule has 6 heteroatoms. The summed E-state index contributed by atoms with van der Waals surface area (Å²) in [6.07, 6.45) is 5.88. The summed E-state index contributed by atoms with van der Waals surface area (Å²) in [5, 5.41) is 6.63. The lowest BCUT2D eigenvalue weighted by atomic mass is 9.65. The molecule has 5 nitrogen and oxygen atoms in total. The summed E-state index contributed by atoms with van der Waals surface area (Å²) in [5.74, 6) is 1.42. The van der Waals surface area contributed by atoms with Gasteiger partial charge in [-0.2, -0.15) is 0 Å². The van der Waals surface area contributed by atoms with Crippen LogP contribution in [0.2, 0.25) is 0 Å². The smallest absolute Gasteiger partial charge is 0.323 e. The van der Waals surface area contributed by atoms with Gasteiger partial charge in [-0.25, -0.2) is 9.78 Å². The summed E-state index contributed by atoms with van der Waals surface area (Å²) < 4.78 is 7.27. The van der Waals surface area contributed by atoms with Crippen molar-refractivity contribution in [3.63, 3.8) is 0 Å². The number of hydrogen-bond acceptors (Lipinski definition) is 4. The predicted molar refractivity (Wildman–Crippen MR) is 89.4 cm³/mol. The molecule has 3 heterocycles. The van der Waals surface area contributed by atoms with Gasteiger partial charge in [-0.1, -0.05) is 23.5 Å². The van der Waals surface area contributed by atoms with Gasteiger partial charge in [0.25, 0.3) is 0 Å². The molecule has 1 aromatic heterocycles. The van der Waals surface area contributed by atoms with Crippen molar-refractivity contribution in [3.05, 3.63) is 24.3 Å². The number of nitrogens with zero attached hydrogens (tertiary/aromatic N) is 1. The quantitative estimate of drug-likeness (QED) is 0.882. The van der Waals surface area contributed by atoms with Crippen molar-refractivity contribution in [1.29, 1.82) is 0 Å². The van der Waals surface area contributed by atoms with Crippen LogP contribution in [0, 0.1) is 11.8 Å². The molecular formula is C17H19N3O2S. The second-order valence-electron chi connectivity index (χ2n) is 7.15. The lowest BCUT2D eigenvalue weighted by Crippen LogP contribution is -2.63. The van der Waals surface area contributed by atoms with Crippen LogP contribution in [0.4, 0.5) is 9.93 Å². The molecule has 4 bridgehead atoms. The fourth-order valence-electron chi connectivity index (χ4n) is 4.76. The van der Waals surface area contributed by atoms with Crippen LogP contribution in [0.1, 0.15) is 32.1 Å². The molecule has 2 aliphatic carbocycles. The van der Waals surface area contributed by atoms with Crippen LogP contribution in [-0.4, -0.2) is 22.8 Å². The molecule has 4 aliphatic rings. The molecule has 6 rings (SSSR count). The standard InChI is InChI=1S/C17H19N3O2S/c21-15(19-16-18-13-3-1-2-4-14(13)23-16)20-17-8-10-5-11(9-17)7-12(6-10)22-17/h1-4,10-12H,5-9H2,(H2,18,19,20,21). The van der Waals surface area contributed by atoms with Gasteiger partial charge >= 0.3 is 6.03 Å². The Labute approximate surface area is 138 Å². The number of para-hydroxylation sites is 1. The van der Waals surface area contributed by atoms with E-state index in [0.717, 1.165) is 23.1 Å². The summed E-state index contributed by atoms with van der Waals surface area (Å²) in [7, 11) is 0. The number of amides is 2. The van der Waals surface area contributed by atoms with Gasteiger partial charge < -0.3 is 10.1 Å². The Bertz CT molecular complexity index is 704.